The SMILES string of the molecule is CC(C)(C)OC(=O)N[C@H]1CNC[C@H]1c1ccc2c(c1)CCO2. The summed E-state index contributed by atoms with van der Waals surface area (Å²) in [6.07, 6.45) is 0.615. The molecule has 0 radical (unpaired) electrons. The van der Waals surface area contributed by atoms with Crippen molar-refractivity contribution >= 4 is 6.09 Å². The third-order valence-electron chi connectivity index (χ3n) is 4.06. The van der Waals surface area contributed by atoms with Crippen molar-refractivity contribution in [1.82, 2.24) is 10.6 Å². The second kappa shape index (κ2) is 5.80. The standard InChI is InChI=1S/C17H24N2O3/c1-17(2,3)22-16(20)19-14-10-18-9-13(14)11-4-5-15-12(8-11)6-7-21-15/h4-5,8,13-14,18H,6-7,9-10H2,1-3H3,(H,19,20)/t13-,14-/m0/s1. The van der Waals surface area contributed by atoms with Gasteiger partial charge in [-0.25, -0.2) is 4.79 Å². The molecule has 1 aromatic rings. The molecule has 5 nitrogen and oxygen atoms in total. The first-order valence-electron chi connectivity index (χ1n) is 7.88. The molecule has 1 amide bonds. The number of alkyl carbamates (subject to hydrolysis) is 1. The van der Waals surface area contributed by atoms with Crippen LogP contribution >= 0.6 is 0 Å². The van der Waals surface area contributed by atoms with Crippen molar-refractivity contribution in [3.63, 3.8) is 0 Å². The van der Waals surface area contributed by atoms with Crippen LogP contribution in [0.4, 0.5) is 4.79 Å². The summed E-state index contributed by atoms with van der Waals surface area (Å²) in [5.41, 5.74) is 2.03. The van der Waals surface area contributed by atoms with E-state index in [0.29, 0.717) is 0 Å². The van der Waals surface area contributed by atoms with E-state index in [-0.39, 0.29) is 18.1 Å². The second-order valence-electron chi connectivity index (χ2n) is 6.98. The zero-order valence-corrected chi connectivity index (χ0v) is 13.4. The molecule has 1 fully saturated rings. The lowest BCUT2D eigenvalue weighted by Gasteiger charge is -2.24. The van der Waals surface area contributed by atoms with E-state index in [9.17, 15) is 4.79 Å². The molecular weight excluding hydrogens is 280 g/mol. The smallest absolute Gasteiger partial charge is 0.407 e. The van der Waals surface area contributed by atoms with Crippen LogP contribution in [-0.4, -0.2) is 37.4 Å². The Kier molecular flexibility index (Phi) is 4.00. The molecule has 1 aromatic carbocycles. The van der Waals surface area contributed by atoms with Gasteiger partial charge in [-0.15, -0.1) is 0 Å². The first-order valence-corrected chi connectivity index (χ1v) is 7.88. The highest BCUT2D eigenvalue weighted by molar-refractivity contribution is 5.68. The Balaban J connectivity index is 1.69. The van der Waals surface area contributed by atoms with Gasteiger partial charge in [0.15, 0.2) is 0 Å². The number of rotatable bonds is 2. The fourth-order valence-corrected chi connectivity index (χ4v) is 3.08. The Hall–Kier alpha value is -1.75. The van der Waals surface area contributed by atoms with E-state index in [1.54, 1.807) is 0 Å². The Morgan fingerprint density at radius 1 is 1.36 bits per heavy atom. The third kappa shape index (κ3) is 3.35. The molecule has 2 heterocycles. The van der Waals surface area contributed by atoms with Gasteiger partial charge in [-0.1, -0.05) is 12.1 Å². The zero-order chi connectivity index (χ0) is 15.7. The predicted octanol–water partition coefficient (Wildman–Crippen LogP) is 2.20. The summed E-state index contributed by atoms with van der Waals surface area (Å²) in [7, 11) is 0. The summed E-state index contributed by atoms with van der Waals surface area (Å²) in [6.45, 7) is 8.01. The fourth-order valence-electron chi connectivity index (χ4n) is 3.08. The lowest BCUT2D eigenvalue weighted by Crippen LogP contribution is -2.42. The Morgan fingerprint density at radius 2 is 2.18 bits per heavy atom. The van der Waals surface area contributed by atoms with Gasteiger partial charge in [0, 0.05) is 25.4 Å². The normalized spacial score (nSPS) is 23.8. The highest BCUT2D eigenvalue weighted by atomic mass is 16.6. The second-order valence-corrected chi connectivity index (χ2v) is 6.98. The lowest BCUT2D eigenvalue weighted by molar-refractivity contribution is 0.0504. The van der Waals surface area contributed by atoms with Crippen molar-refractivity contribution in [1.29, 1.82) is 0 Å². The van der Waals surface area contributed by atoms with Crippen LogP contribution in [0.15, 0.2) is 18.2 Å². The van der Waals surface area contributed by atoms with E-state index in [2.05, 4.69) is 22.8 Å². The molecule has 0 aliphatic carbocycles. The van der Waals surface area contributed by atoms with Crippen LogP contribution in [0.3, 0.4) is 0 Å². The van der Waals surface area contributed by atoms with Crippen molar-refractivity contribution in [2.45, 2.75) is 44.8 Å². The summed E-state index contributed by atoms with van der Waals surface area (Å²) in [4.78, 5) is 12.0. The van der Waals surface area contributed by atoms with Crippen molar-refractivity contribution in [3.05, 3.63) is 29.3 Å². The number of nitrogens with one attached hydrogen (secondary N) is 2. The van der Waals surface area contributed by atoms with Gasteiger partial charge < -0.3 is 20.1 Å². The highest BCUT2D eigenvalue weighted by Gasteiger charge is 2.31. The van der Waals surface area contributed by atoms with Crippen LogP contribution in [-0.2, 0) is 11.2 Å². The van der Waals surface area contributed by atoms with Crippen LogP contribution in [0.5, 0.6) is 5.75 Å². The zero-order valence-electron chi connectivity index (χ0n) is 13.4. The van der Waals surface area contributed by atoms with E-state index in [1.165, 1.54) is 11.1 Å². The first kappa shape index (κ1) is 15.2. The summed E-state index contributed by atoms with van der Waals surface area (Å²) >= 11 is 0. The summed E-state index contributed by atoms with van der Waals surface area (Å²) in [6, 6.07) is 6.41. The molecule has 0 bridgehead atoms. The maximum atomic E-state index is 12.0. The molecule has 3 rings (SSSR count). The number of amides is 1. The van der Waals surface area contributed by atoms with Gasteiger partial charge in [0.1, 0.15) is 11.4 Å². The molecule has 0 saturated carbocycles. The average Bonchev–Trinajstić information content (AvgIpc) is 3.03. The highest BCUT2D eigenvalue weighted by Crippen LogP contribution is 2.31. The van der Waals surface area contributed by atoms with Crippen molar-refractivity contribution in [2.24, 2.45) is 0 Å². The van der Waals surface area contributed by atoms with Gasteiger partial charge >= 0.3 is 6.09 Å². The Morgan fingerprint density at radius 3 is 2.95 bits per heavy atom. The first-order chi connectivity index (χ1) is 10.4. The number of hydrogen-bond donors (Lipinski definition) is 2. The summed E-state index contributed by atoms with van der Waals surface area (Å²) in [5.74, 6) is 1.25. The van der Waals surface area contributed by atoms with Crippen molar-refractivity contribution < 1.29 is 14.3 Å². The number of hydrogen-bond acceptors (Lipinski definition) is 4. The molecule has 2 aliphatic rings. The van der Waals surface area contributed by atoms with Crippen molar-refractivity contribution in [3.8, 4) is 5.75 Å². The number of ether oxygens (including phenoxy) is 2. The van der Waals surface area contributed by atoms with E-state index in [4.69, 9.17) is 9.47 Å². The predicted molar refractivity (Wildman–Crippen MR) is 84.4 cm³/mol. The van der Waals surface area contributed by atoms with Crippen LogP contribution in [0.2, 0.25) is 0 Å². The van der Waals surface area contributed by atoms with E-state index < -0.39 is 5.60 Å². The maximum Gasteiger partial charge on any atom is 0.407 e. The van der Waals surface area contributed by atoms with Gasteiger partial charge in [0.2, 0.25) is 0 Å². The Labute approximate surface area is 131 Å². The lowest BCUT2D eigenvalue weighted by atomic mass is 9.92. The van der Waals surface area contributed by atoms with Gasteiger partial charge in [-0.2, -0.15) is 0 Å². The average molecular weight is 304 g/mol. The molecule has 120 valence electrons. The number of fused-ring (bicyclic) bond motifs is 1. The molecule has 2 N–H and O–H groups in total. The topological polar surface area (TPSA) is 59.6 Å². The molecule has 5 heteroatoms. The molecule has 22 heavy (non-hydrogen) atoms. The maximum absolute atomic E-state index is 12.0. The Bertz CT molecular complexity index is 566. The summed E-state index contributed by atoms with van der Waals surface area (Å²) in [5, 5.41) is 6.35. The van der Waals surface area contributed by atoms with Gasteiger partial charge in [-0.3, -0.25) is 0 Å². The van der Waals surface area contributed by atoms with Gasteiger partial charge in [0.05, 0.1) is 12.6 Å². The molecule has 0 unspecified atom stereocenters. The molecule has 2 aliphatic heterocycles. The van der Waals surface area contributed by atoms with Gasteiger partial charge in [0.25, 0.3) is 0 Å². The van der Waals surface area contributed by atoms with E-state index >= 15 is 0 Å². The van der Waals surface area contributed by atoms with Crippen molar-refractivity contribution in [2.75, 3.05) is 19.7 Å². The van der Waals surface area contributed by atoms with Crippen LogP contribution in [0, 0.1) is 0 Å². The minimum absolute atomic E-state index is 0.0511. The molecule has 0 spiro atoms. The third-order valence-corrected chi connectivity index (χ3v) is 4.06. The number of carbonyl (C=O) groups excluding carboxylic acids is 1. The number of carbonyl (C=O) groups is 1. The van der Waals surface area contributed by atoms with Crippen LogP contribution in [0.25, 0.3) is 0 Å². The minimum Gasteiger partial charge on any atom is -0.493 e. The van der Waals surface area contributed by atoms with Crippen LogP contribution < -0.4 is 15.4 Å². The number of benzene rings is 1. The quantitative estimate of drug-likeness (QED) is 0.879. The van der Waals surface area contributed by atoms with Gasteiger partial charge in [-0.05, 0) is 38.0 Å². The molecule has 0 aromatic heterocycles. The van der Waals surface area contributed by atoms with E-state index in [0.717, 1.165) is 31.9 Å². The van der Waals surface area contributed by atoms with E-state index in [1.807, 2.05) is 26.8 Å². The molecule has 2 atom stereocenters. The minimum atomic E-state index is -0.476. The summed E-state index contributed by atoms with van der Waals surface area (Å²) < 4.78 is 10.9. The molecule has 1 saturated heterocycles. The fraction of sp³-hybridized carbons (Fsp3) is 0.588. The van der Waals surface area contributed by atoms with Crippen LogP contribution in [0.1, 0.15) is 37.8 Å². The monoisotopic (exact) mass is 304 g/mol. The largest absolute Gasteiger partial charge is 0.493 e. The molecular formula is C17H24N2O3.